The molecule has 13 heavy (non-hydrogen) atoms. The Morgan fingerprint density at radius 3 is 3.00 bits per heavy atom. The van der Waals surface area contributed by atoms with E-state index >= 15 is 0 Å². The number of hydrogen-bond acceptors (Lipinski definition) is 2. The summed E-state index contributed by atoms with van der Waals surface area (Å²) in [4.78, 5) is 3.60. The average molecular weight is 179 g/mol. The quantitative estimate of drug-likeness (QED) is 0.652. The summed E-state index contributed by atoms with van der Waals surface area (Å²) in [6.07, 6.45) is 8.63. The van der Waals surface area contributed by atoms with Gasteiger partial charge in [0.25, 0.3) is 0 Å². The summed E-state index contributed by atoms with van der Waals surface area (Å²) in [6.45, 7) is 1.79. The number of hydrogen-bond donors (Lipinski definition) is 0. The molecular weight excluding hydrogens is 169 g/mol. The maximum atomic E-state index is 11.7. The van der Waals surface area contributed by atoms with Crippen molar-refractivity contribution in [2.24, 2.45) is 5.41 Å². The van der Waals surface area contributed by atoms with E-state index in [0.717, 1.165) is 0 Å². The van der Waals surface area contributed by atoms with Crippen LogP contribution in [0.4, 0.5) is 4.53 Å². The van der Waals surface area contributed by atoms with Crippen LogP contribution in [0, 0.1) is 16.7 Å². The lowest BCUT2D eigenvalue weighted by atomic mass is 9.91. The molecule has 1 unspecified atom stereocenters. The summed E-state index contributed by atoms with van der Waals surface area (Å²) in [5.74, 6) is 0. The minimum atomic E-state index is -0.468. The molecule has 1 aliphatic carbocycles. The summed E-state index contributed by atoms with van der Waals surface area (Å²) in [5, 5.41) is 8.61. The molecule has 3 heteroatoms. The lowest BCUT2D eigenvalue weighted by Gasteiger charge is -2.17. The van der Waals surface area contributed by atoms with Crippen molar-refractivity contribution in [3.63, 3.8) is 0 Å². The minimum Gasteiger partial charge on any atom is -0.193 e. The van der Waals surface area contributed by atoms with E-state index in [9.17, 15) is 4.53 Å². The van der Waals surface area contributed by atoms with Gasteiger partial charge in [-0.25, -0.2) is 0 Å². The highest BCUT2D eigenvalue weighted by atomic mass is 19.3. The fourth-order valence-corrected chi connectivity index (χ4v) is 1.05. The fourth-order valence-electron chi connectivity index (χ4n) is 1.05. The van der Waals surface area contributed by atoms with E-state index in [1.807, 2.05) is 13.0 Å². The first-order valence-corrected chi connectivity index (χ1v) is 3.92. The highest BCUT2D eigenvalue weighted by Gasteiger charge is 2.19. The van der Waals surface area contributed by atoms with Crippen LogP contribution in [0.1, 0.15) is 6.92 Å². The SMILES string of the molecule is CC1(COF)C=CC=C(C#N)C=C1. The van der Waals surface area contributed by atoms with Gasteiger partial charge in [0.15, 0.2) is 0 Å². The summed E-state index contributed by atoms with van der Waals surface area (Å²) in [6, 6.07) is 2.01. The van der Waals surface area contributed by atoms with Crippen LogP contribution in [0.2, 0.25) is 0 Å². The van der Waals surface area contributed by atoms with Crippen molar-refractivity contribution >= 4 is 0 Å². The Labute approximate surface area is 76.5 Å². The predicted octanol–water partition coefficient (Wildman–Crippen LogP) is 2.47. The summed E-state index contributed by atoms with van der Waals surface area (Å²) in [5.41, 5.74) is 0.0861. The first-order chi connectivity index (χ1) is 6.20. The summed E-state index contributed by atoms with van der Waals surface area (Å²) in [7, 11) is 0. The van der Waals surface area contributed by atoms with Gasteiger partial charge in [0.2, 0.25) is 0 Å². The zero-order valence-corrected chi connectivity index (χ0v) is 7.33. The van der Waals surface area contributed by atoms with E-state index in [1.54, 1.807) is 30.4 Å². The van der Waals surface area contributed by atoms with E-state index in [0.29, 0.717) is 5.57 Å². The normalized spacial score (nSPS) is 26.4. The molecule has 0 amide bonds. The smallest absolute Gasteiger partial charge is 0.0999 e. The maximum absolute atomic E-state index is 11.7. The third-order valence-electron chi connectivity index (χ3n) is 1.89. The van der Waals surface area contributed by atoms with Gasteiger partial charge in [0.1, 0.15) is 0 Å². The zero-order valence-electron chi connectivity index (χ0n) is 7.33. The Balaban J connectivity index is 2.84. The van der Waals surface area contributed by atoms with Gasteiger partial charge >= 0.3 is 0 Å². The van der Waals surface area contributed by atoms with E-state index in [2.05, 4.69) is 4.94 Å². The fraction of sp³-hybridized carbons (Fsp3) is 0.300. The van der Waals surface area contributed by atoms with Gasteiger partial charge in [-0.05, 0) is 16.7 Å². The second kappa shape index (κ2) is 4.01. The van der Waals surface area contributed by atoms with Gasteiger partial charge in [-0.3, -0.25) is 0 Å². The monoisotopic (exact) mass is 179 g/mol. The van der Waals surface area contributed by atoms with Crippen LogP contribution < -0.4 is 0 Å². The number of nitriles is 1. The van der Waals surface area contributed by atoms with Crippen LogP contribution in [-0.2, 0) is 4.94 Å². The lowest BCUT2D eigenvalue weighted by Crippen LogP contribution is -2.15. The molecule has 1 atom stereocenters. The number of rotatable bonds is 2. The van der Waals surface area contributed by atoms with Crippen molar-refractivity contribution in [1.82, 2.24) is 0 Å². The number of allylic oxidation sites excluding steroid dienone is 4. The molecular formula is C10H10FNO. The van der Waals surface area contributed by atoms with Crippen LogP contribution in [-0.4, -0.2) is 6.61 Å². The first kappa shape index (κ1) is 9.69. The molecule has 0 radical (unpaired) electrons. The molecule has 0 N–H and O–H groups in total. The Morgan fingerprint density at radius 2 is 2.38 bits per heavy atom. The van der Waals surface area contributed by atoms with E-state index in [4.69, 9.17) is 5.26 Å². The topological polar surface area (TPSA) is 33.0 Å². The predicted molar refractivity (Wildman–Crippen MR) is 47.1 cm³/mol. The van der Waals surface area contributed by atoms with Crippen molar-refractivity contribution in [2.75, 3.05) is 6.61 Å². The molecule has 0 fully saturated rings. The number of halogens is 1. The van der Waals surface area contributed by atoms with Crippen LogP contribution in [0.15, 0.2) is 36.0 Å². The van der Waals surface area contributed by atoms with Crippen LogP contribution in [0.3, 0.4) is 0 Å². The molecule has 0 aliphatic heterocycles. The second-order valence-electron chi connectivity index (χ2n) is 3.19. The summed E-state index contributed by atoms with van der Waals surface area (Å²) < 4.78 is 11.7. The molecule has 0 aromatic carbocycles. The molecule has 0 aromatic heterocycles. The van der Waals surface area contributed by atoms with Crippen LogP contribution in [0.25, 0.3) is 0 Å². The van der Waals surface area contributed by atoms with E-state index in [-0.39, 0.29) is 6.61 Å². The Bertz CT molecular complexity index is 311. The van der Waals surface area contributed by atoms with Gasteiger partial charge in [-0.2, -0.15) is 10.2 Å². The van der Waals surface area contributed by atoms with Crippen molar-refractivity contribution in [3.05, 3.63) is 36.0 Å². The van der Waals surface area contributed by atoms with E-state index < -0.39 is 5.41 Å². The largest absolute Gasteiger partial charge is 0.193 e. The Kier molecular flexibility index (Phi) is 2.99. The van der Waals surface area contributed by atoms with Gasteiger partial charge in [0, 0.05) is 5.41 Å². The Hall–Kier alpha value is -1.40. The van der Waals surface area contributed by atoms with Crippen molar-refractivity contribution in [3.8, 4) is 6.07 Å². The van der Waals surface area contributed by atoms with Crippen molar-refractivity contribution in [2.45, 2.75) is 6.92 Å². The molecule has 2 nitrogen and oxygen atoms in total. The molecule has 1 rings (SSSR count). The van der Waals surface area contributed by atoms with Gasteiger partial charge in [0.05, 0.1) is 18.2 Å². The van der Waals surface area contributed by atoms with Crippen LogP contribution in [0.5, 0.6) is 0 Å². The standard InChI is InChI=1S/C10H10FNO/c1-10(8-13-11)5-2-3-9(7-12)4-6-10/h2-6H,8H2,1H3. The van der Waals surface area contributed by atoms with Gasteiger partial charge in [-0.15, -0.1) is 0 Å². The third-order valence-corrected chi connectivity index (χ3v) is 1.89. The molecule has 0 saturated heterocycles. The molecule has 0 aromatic rings. The molecule has 0 heterocycles. The highest BCUT2D eigenvalue weighted by Crippen LogP contribution is 2.24. The third kappa shape index (κ3) is 2.53. The molecule has 68 valence electrons. The van der Waals surface area contributed by atoms with E-state index in [1.165, 1.54) is 0 Å². The molecule has 1 aliphatic rings. The van der Waals surface area contributed by atoms with Gasteiger partial charge in [-0.1, -0.05) is 25.2 Å². The van der Waals surface area contributed by atoms with Crippen molar-refractivity contribution in [1.29, 1.82) is 5.26 Å². The second-order valence-corrected chi connectivity index (χ2v) is 3.19. The summed E-state index contributed by atoms with van der Waals surface area (Å²) >= 11 is 0. The maximum Gasteiger partial charge on any atom is 0.0999 e. The Morgan fingerprint density at radius 1 is 1.62 bits per heavy atom. The first-order valence-electron chi connectivity index (χ1n) is 3.92. The van der Waals surface area contributed by atoms with Crippen LogP contribution >= 0.6 is 0 Å². The molecule has 0 bridgehead atoms. The zero-order chi connectivity index (χ0) is 9.73. The highest BCUT2D eigenvalue weighted by molar-refractivity contribution is 5.39. The minimum absolute atomic E-state index is 0.0352. The molecule has 0 saturated carbocycles. The van der Waals surface area contributed by atoms with Crippen molar-refractivity contribution < 1.29 is 9.47 Å². The number of nitrogens with zero attached hydrogens (tertiary/aromatic N) is 1. The average Bonchev–Trinajstić information content (AvgIpc) is 2.28. The lowest BCUT2D eigenvalue weighted by molar-refractivity contribution is -0.147. The van der Waals surface area contributed by atoms with Gasteiger partial charge < -0.3 is 0 Å². The molecule has 0 spiro atoms.